The van der Waals surface area contributed by atoms with Crippen molar-refractivity contribution in [1.82, 2.24) is 19.4 Å². The zero-order valence-corrected chi connectivity index (χ0v) is 30.1. The number of piperazine rings is 1. The standard InChI is InChI=1S/C37H35Cl2N5O4.BrH/c1-42-32-11-9-29(48-36-12-8-28(22-41-36)40-21-26-7-10-30(38)31(39)17-26)19-27(32)20-34(42)37(45)44-15-13-43(14-16-44)33(35-23-46-24-47-35)18-25-5-3-2-4-6-25;/h2-12,17,19-20,22-23,33,40H,13-16,18,21,24H2,1H3;1H. The summed E-state index contributed by atoms with van der Waals surface area (Å²) in [5, 5.41) is 5.30. The minimum absolute atomic E-state index is 0. The molecule has 254 valence electrons. The van der Waals surface area contributed by atoms with Crippen LogP contribution in [0, 0.1) is 0 Å². The third-order valence-corrected chi connectivity index (χ3v) is 9.55. The molecule has 9 nitrogen and oxygen atoms in total. The van der Waals surface area contributed by atoms with E-state index in [0.717, 1.165) is 47.4 Å². The maximum atomic E-state index is 13.8. The summed E-state index contributed by atoms with van der Waals surface area (Å²) in [6.07, 6.45) is 4.26. The average molecular weight is 766 g/mol. The zero-order chi connectivity index (χ0) is 33.0. The van der Waals surface area contributed by atoms with Gasteiger partial charge in [0.1, 0.15) is 17.7 Å². The fraction of sp³-hybridized carbons (Fsp3) is 0.243. The number of aromatic nitrogens is 2. The number of benzene rings is 3. The Labute approximate surface area is 305 Å². The molecule has 1 N–H and O–H groups in total. The number of anilines is 1. The first-order valence-electron chi connectivity index (χ1n) is 15.8. The fourth-order valence-electron chi connectivity index (χ4n) is 6.19. The van der Waals surface area contributed by atoms with Crippen LogP contribution in [0.5, 0.6) is 11.6 Å². The Bertz CT molecular complexity index is 1950. The van der Waals surface area contributed by atoms with Crippen molar-refractivity contribution in [2.75, 3.05) is 38.3 Å². The Morgan fingerprint density at radius 3 is 2.47 bits per heavy atom. The predicted molar refractivity (Wildman–Crippen MR) is 198 cm³/mol. The molecule has 7 rings (SSSR count). The number of halogens is 3. The van der Waals surface area contributed by atoms with Gasteiger partial charge in [-0.2, -0.15) is 0 Å². The Balaban J connectivity index is 0.00000417. The van der Waals surface area contributed by atoms with E-state index in [2.05, 4.69) is 39.5 Å². The first kappa shape index (κ1) is 34.6. The van der Waals surface area contributed by atoms with Gasteiger partial charge in [-0.25, -0.2) is 4.98 Å². The van der Waals surface area contributed by atoms with Crippen molar-refractivity contribution in [3.05, 3.63) is 130 Å². The van der Waals surface area contributed by atoms with Crippen molar-refractivity contribution >= 4 is 62.7 Å². The van der Waals surface area contributed by atoms with Gasteiger partial charge in [0.25, 0.3) is 5.91 Å². The van der Waals surface area contributed by atoms with Gasteiger partial charge >= 0.3 is 0 Å². The number of pyridine rings is 1. The summed E-state index contributed by atoms with van der Waals surface area (Å²) in [6, 6.07) is 27.5. The lowest BCUT2D eigenvalue weighted by Gasteiger charge is -2.39. The number of carbonyl (C=O) groups is 1. The van der Waals surface area contributed by atoms with Gasteiger partial charge in [-0.15, -0.1) is 17.0 Å². The molecule has 0 radical (unpaired) electrons. The number of fused-ring (bicyclic) bond motifs is 1. The fourth-order valence-corrected chi connectivity index (χ4v) is 6.51. The van der Waals surface area contributed by atoms with E-state index in [9.17, 15) is 4.79 Å². The van der Waals surface area contributed by atoms with Crippen LogP contribution in [0.2, 0.25) is 10.0 Å². The molecule has 2 aliphatic rings. The van der Waals surface area contributed by atoms with Crippen LogP contribution in [0.15, 0.2) is 103 Å². The highest BCUT2D eigenvalue weighted by Crippen LogP contribution is 2.29. The number of carbonyl (C=O) groups excluding carboxylic acids is 1. The second-order valence-electron chi connectivity index (χ2n) is 11.9. The van der Waals surface area contributed by atoms with E-state index in [1.54, 1.807) is 18.5 Å². The highest BCUT2D eigenvalue weighted by molar-refractivity contribution is 8.93. The molecule has 1 atom stereocenters. The number of amides is 1. The first-order valence-corrected chi connectivity index (χ1v) is 16.6. The smallest absolute Gasteiger partial charge is 0.270 e. The summed E-state index contributed by atoms with van der Waals surface area (Å²) in [5.41, 5.74) is 4.68. The minimum atomic E-state index is 0. The van der Waals surface area contributed by atoms with Crippen LogP contribution in [0.1, 0.15) is 21.6 Å². The van der Waals surface area contributed by atoms with Crippen LogP contribution in [0.25, 0.3) is 10.9 Å². The Kier molecular flexibility index (Phi) is 11.0. The van der Waals surface area contributed by atoms with Gasteiger partial charge in [0, 0.05) is 56.7 Å². The number of nitrogens with one attached hydrogen (secondary N) is 1. The molecular formula is C37H36BrCl2N5O4. The van der Waals surface area contributed by atoms with Crippen molar-refractivity contribution in [1.29, 1.82) is 0 Å². The van der Waals surface area contributed by atoms with Crippen LogP contribution in [0.3, 0.4) is 0 Å². The molecule has 12 heteroatoms. The number of ether oxygens (including phenoxy) is 3. The second-order valence-corrected chi connectivity index (χ2v) is 12.7. The number of rotatable bonds is 10. The molecule has 1 amide bonds. The van der Waals surface area contributed by atoms with Gasteiger partial charge < -0.3 is 29.0 Å². The third-order valence-electron chi connectivity index (χ3n) is 8.81. The van der Waals surface area contributed by atoms with Gasteiger partial charge in [-0.3, -0.25) is 9.69 Å². The number of hydrogen-bond acceptors (Lipinski definition) is 7. The number of nitrogens with zero attached hydrogens (tertiary/aromatic N) is 4. The molecule has 0 spiro atoms. The largest absolute Gasteiger partial charge is 0.462 e. The predicted octanol–water partition coefficient (Wildman–Crippen LogP) is 8.08. The summed E-state index contributed by atoms with van der Waals surface area (Å²) >= 11 is 12.1. The monoisotopic (exact) mass is 763 g/mol. The van der Waals surface area contributed by atoms with Crippen molar-refractivity contribution < 1.29 is 19.0 Å². The highest BCUT2D eigenvalue weighted by Gasteiger charge is 2.32. The zero-order valence-electron chi connectivity index (χ0n) is 26.9. The molecule has 4 heterocycles. The van der Waals surface area contributed by atoms with Crippen molar-refractivity contribution in [3.8, 4) is 11.6 Å². The molecule has 1 unspecified atom stereocenters. The van der Waals surface area contributed by atoms with Gasteiger partial charge in [-0.05, 0) is 60.0 Å². The molecular weight excluding hydrogens is 729 g/mol. The van der Waals surface area contributed by atoms with E-state index in [1.165, 1.54) is 5.56 Å². The molecule has 3 aromatic carbocycles. The summed E-state index contributed by atoms with van der Waals surface area (Å²) in [7, 11) is 1.93. The van der Waals surface area contributed by atoms with E-state index in [4.69, 9.17) is 37.4 Å². The first-order chi connectivity index (χ1) is 23.4. The van der Waals surface area contributed by atoms with Crippen LogP contribution >= 0.6 is 40.2 Å². The topological polar surface area (TPSA) is 81.1 Å². The summed E-state index contributed by atoms with van der Waals surface area (Å²) in [4.78, 5) is 22.5. The van der Waals surface area contributed by atoms with Crippen LogP contribution in [-0.2, 0) is 29.5 Å². The highest BCUT2D eigenvalue weighted by atomic mass is 79.9. The second kappa shape index (κ2) is 15.6. The van der Waals surface area contributed by atoms with Crippen molar-refractivity contribution in [2.24, 2.45) is 7.05 Å². The lowest BCUT2D eigenvalue weighted by Crippen LogP contribution is -2.53. The Hall–Kier alpha value is -4.22. The maximum Gasteiger partial charge on any atom is 0.270 e. The van der Waals surface area contributed by atoms with Crippen molar-refractivity contribution in [2.45, 2.75) is 19.0 Å². The molecule has 5 aromatic rings. The van der Waals surface area contributed by atoms with E-state index in [-0.39, 0.29) is 35.7 Å². The van der Waals surface area contributed by atoms with Crippen molar-refractivity contribution in [3.63, 3.8) is 0 Å². The number of hydrogen-bond donors (Lipinski definition) is 1. The molecule has 0 aliphatic carbocycles. The van der Waals surface area contributed by atoms with Crippen LogP contribution in [-0.4, -0.2) is 64.3 Å². The molecule has 0 bridgehead atoms. The van der Waals surface area contributed by atoms with Gasteiger partial charge in [-0.1, -0.05) is 59.6 Å². The van der Waals surface area contributed by atoms with Crippen LogP contribution in [0.4, 0.5) is 5.69 Å². The Morgan fingerprint density at radius 1 is 0.939 bits per heavy atom. The van der Waals surface area contributed by atoms with E-state index >= 15 is 0 Å². The normalized spacial score (nSPS) is 15.2. The lowest BCUT2D eigenvalue weighted by molar-refractivity contribution is 0.0404. The lowest BCUT2D eigenvalue weighted by atomic mass is 10.0. The van der Waals surface area contributed by atoms with Gasteiger partial charge in [0.2, 0.25) is 12.7 Å². The van der Waals surface area contributed by atoms with Gasteiger partial charge in [0.15, 0.2) is 5.76 Å². The summed E-state index contributed by atoms with van der Waals surface area (Å²) in [6.45, 7) is 3.55. The molecule has 1 saturated heterocycles. The summed E-state index contributed by atoms with van der Waals surface area (Å²) in [5.74, 6) is 1.96. The average Bonchev–Trinajstić information content (AvgIpc) is 3.77. The van der Waals surface area contributed by atoms with E-state index < -0.39 is 0 Å². The SMILES string of the molecule is Br.Cn1c(C(=O)N2CCN(C(Cc3ccccc3)C3=COCO3)CC2)cc2cc(Oc3ccc(NCc4ccc(Cl)c(Cl)c4)cn3)ccc21. The Morgan fingerprint density at radius 2 is 1.76 bits per heavy atom. The third kappa shape index (κ3) is 7.99. The molecule has 0 saturated carbocycles. The van der Waals surface area contributed by atoms with E-state index in [0.29, 0.717) is 47.0 Å². The quantitative estimate of drug-likeness (QED) is 0.154. The molecule has 2 aromatic heterocycles. The van der Waals surface area contributed by atoms with E-state index in [1.807, 2.05) is 71.1 Å². The van der Waals surface area contributed by atoms with Gasteiger partial charge in [0.05, 0.1) is 28.0 Å². The van der Waals surface area contributed by atoms with Crippen LogP contribution < -0.4 is 10.1 Å². The number of aryl methyl sites for hydroxylation is 1. The minimum Gasteiger partial charge on any atom is -0.462 e. The summed E-state index contributed by atoms with van der Waals surface area (Å²) < 4.78 is 19.2. The maximum absolute atomic E-state index is 13.8. The molecule has 2 aliphatic heterocycles. The molecule has 1 fully saturated rings. The molecule has 49 heavy (non-hydrogen) atoms.